The van der Waals surface area contributed by atoms with Crippen LogP contribution < -0.4 is 0 Å². The maximum atomic E-state index is 11.7. The third kappa shape index (κ3) is 7.33. The second-order valence-corrected chi connectivity index (χ2v) is 15.5. The molecule has 5 rings (SSSR count). The smallest absolute Gasteiger partial charge is 0.175 e. The van der Waals surface area contributed by atoms with E-state index in [0.717, 1.165) is 69.5 Å². The zero-order valence-electron chi connectivity index (χ0n) is 24.1. The molecule has 0 radical (unpaired) electrons. The highest BCUT2D eigenvalue weighted by atomic mass is 32.2. The van der Waals surface area contributed by atoms with Crippen LogP contribution in [0, 0.1) is 0 Å². The number of nitrogens with zero attached hydrogens (tertiary/aromatic N) is 2. The van der Waals surface area contributed by atoms with Crippen molar-refractivity contribution in [3.8, 4) is 0 Å². The Morgan fingerprint density at radius 3 is 2.08 bits per heavy atom. The quantitative estimate of drug-likeness (QED) is 0.461. The van der Waals surface area contributed by atoms with Crippen molar-refractivity contribution in [3.63, 3.8) is 0 Å². The molecule has 0 aliphatic carbocycles. The molecule has 3 aliphatic rings. The molecule has 3 heterocycles. The summed E-state index contributed by atoms with van der Waals surface area (Å²) < 4.78 is 52.5. The monoisotopic (exact) mass is 594 g/mol. The van der Waals surface area contributed by atoms with Crippen LogP contribution in [0.2, 0.25) is 0 Å². The first-order valence-electron chi connectivity index (χ1n) is 14.3. The van der Waals surface area contributed by atoms with E-state index in [1.54, 1.807) is 30.3 Å². The molecule has 0 aromatic heterocycles. The Morgan fingerprint density at radius 1 is 0.900 bits per heavy atom. The molecule has 2 aromatic carbocycles. The van der Waals surface area contributed by atoms with Gasteiger partial charge in [0.1, 0.15) is 11.7 Å². The van der Waals surface area contributed by atoms with Crippen molar-refractivity contribution in [1.82, 2.24) is 9.80 Å². The zero-order chi connectivity index (χ0) is 29.1. The second-order valence-electron chi connectivity index (χ2n) is 11.5. The van der Waals surface area contributed by atoms with Crippen LogP contribution in [0.25, 0.3) is 0 Å². The van der Waals surface area contributed by atoms with Gasteiger partial charge in [-0.1, -0.05) is 38.1 Å². The van der Waals surface area contributed by atoms with Gasteiger partial charge in [-0.2, -0.15) is 0 Å². The lowest BCUT2D eigenvalue weighted by Gasteiger charge is -2.36. The fraction of sp³-hybridized carbons (Fsp3) is 0.600. The van der Waals surface area contributed by atoms with Gasteiger partial charge < -0.3 is 19.6 Å². The number of epoxide rings is 1. The molecule has 0 amide bonds. The number of fused-ring (bicyclic) bond motifs is 1. The van der Waals surface area contributed by atoms with E-state index in [1.165, 1.54) is 12.5 Å². The lowest BCUT2D eigenvalue weighted by molar-refractivity contribution is 0.0514. The van der Waals surface area contributed by atoms with Gasteiger partial charge in [-0.05, 0) is 80.7 Å². The number of sulfone groups is 2. The molecule has 8 nitrogen and oxygen atoms in total. The predicted octanol–water partition coefficient (Wildman–Crippen LogP) is 3.70. The van der Waals surface area contributed by atoms with Crippen molar-refractivity contribution in [3.05, 3.63) is 59.7 Å². The minimum Gasteiger partial charge on any atom is -0.391 e. The minimum absolute atomic E-state index is 0. The van der Waals surface area contributed by atoms with Crippen LogP contribution in [0.3, 0.4) is 0 Å². The molecule has 224 valence electrons. The van der Waals surface area contributed by atoms with E-state index in [0.29, 0.717) is 16.3 Å². The van der Waals surface area contributed by atoms with Crippen LogP contribution >= 0.6 is 0 Å². The molecular weight excluding hydrogens is 548 g/mol. The molecule has 2 aromatic rings. The summed E-state index contributed by atoms with van der Waals surface area (Å²) in [4.78, 5) is 5.41. The first-order valence-corrected chi connectivity index (χ1v) is 18.1. The predicted molar refractivity (Wildman–Crippen MR) is 159 cm³/mol. The lowest BCUT2D eigenvalue weighted by Crippen LogP contribution is -2.43. The summed E-state index contributed by atoms with van der Waals surface area (Å²) in [5.41, 5.74) is 1.71. The average Bonchev–Trinajstić information content (AvgIpc) is 3.64. The van der Waals surface area contributed by atoms with E-state index >= 15 is 0 Å². The summed E-state index contributed by atoms with van der Waals surface area (Å²) in [5.74, 6) is 0.0322. The van der Waals surface area contributed by atoms with Crippen LogP contribution in [0.4, 0.5) is 0 Å². The molecule has 0 spiro atoms. The van der Waals surface area contributed by atoms with Gasteiger partial charge in [-0.25, -0.2) is 16.8 Å². The third-order valence-corrected chi connectivity index (χ3v) is 10.5. The van der Waals surface area contributed by atoms with Crippen LogP contribution in [0.15, 0.2) is 58.3 Å². The van der Waals surface area contributed by atoms with E-state index in [4.69, 9.17) is 4.74 Å². The highest BCUT2D eigenvalue weighted by molar-refractivity contribution is 7.91. The van der Waals surface area contributed by atoms with Crippen molar-refractivity contribution in [2.75, 3.05) is 51.8 Å². The number of likely N-dealkylation sites (tertiary alicyclic amines) is 2. The number of hydrogen-bond acceptors (Lipinski definition) is 8. The molecule has 0 bridgehead atoms. The summed E-state index contributed by atoms with van der Waals surface area (Å²) in [7, 11) is -6.35. The van der Waals surface area contributed by atoms with Gasteiger partial charge >= 0.3 is 0 Å². The SMILES string of the molecule is CCCN1CC[C@@]2(c3cccc(S(C)(=O)=O)c3)O[C@H]2C1.CCCN1CC[C@H](c2cccc(S(C)(=O)=O)c2)[C@H](O)C1.[HH]. The highest BCUT2D eigenvalue weighted by Crippen LogP contribution is 2.52. The number of ether oxygens (including phenoxy) is 1. The number of β-amino-alcohol motifs (C(OH)–C–C–N with tert-alkyl or cyclic N) is 1. The van der Waals surface area contributed by atoms with E-state index in [-0.39, 0.29) is 19.0 Å². The van der Waals surface area contributed by atoms with Gasteiger partial charge in [0, 0.05) is 39.5 Å². The van der Waals surface area contributed by atoms with Gasteiger partial charge in [0.15, 0.2) is 19.7 Å². The second kappa shape index (κ2) is 12.6. The standard InChI is InChI=1S/C15H21NO3S.C15H23NO3S.H2/c1-3-8-16-9-7-15(14(11-16)19-15)12-5-4-6-13(10-12)20(2,17)18;1-3-8-16-9-7-14(15(17)11-16)12-5-4-6-13(10-12)20(2,18)19;/h4-6,10,14H,3,7-9,11H2,1-2H3;4-6,10,14-15,17H,3,7-9,11H2,1-2H3;1H/t2*14-,15-;/m01./s1. The third-order valence-electron chi connectivity index (χ3n) is 8.25. The number of hydrogen-bond donors (Lipinski definition) is 1. The van der Waals surface area contributed by atoms with E-state index in [9.17, 15) is 21.9 Å². The number of piperidine rings is 2. The maximum absolute atomic E-state index is 11.7. The Balaban J connectivity index is 0.000000220. The Kier molecular flexibility index (Phi) is 9.79. The molecule has 0 saturated carbocycles. The molecule has 0 unspecified atom stereocenters. The molecule has 3 fully saturated rings. The van der Waals surface area contributed by atoms with Gasteiger partial charge in [-0.15, -0.1) is 0 Å². The highest BCUT2D eigenvalue weighted by Gasteiger charge is 2.59. The Bertz CT molecular complexity index is 1380. The summed E-state index contributed by atoms with van der Waals surface area (Å²) in [6.45, 7) is 10.0. The Morgan fingerprint density at radius 2 is 1.50 bits per heavy atom. The van der Waals surface area contributed by atoms with Crippen LogP contribution in [0.5, 0.6) is 0 Å². The van der Waals surface area contributed by atoms with Crippen LogP contribution in [0.1, 0.15) is 58.0 Å². The van der Waals surface area contributed by atoms with E-state index in [2.05, 4.69) is 23.6 Å². The Labute approximate surface area is 241 Å². The largest absolute Gasteiger partial charge is 0.391 e. The normalized spacial score (nSPS) is 27.4. The molecule has 10 heteroatoms. The molecule has 4 atom stereocenters. The summed E-state index contributed by atoms with van der Waals surface area (Å²) >= 11 is 0. The topological polar surface area (TPSA) is 108 Å². The fourth-order valence-electron chi connectivity index (χ4n) is 6.06. The van der Waals surface area contributed by atoms with Crippen molar-refractivity contribution in [2.45, 2.75) is 73.0 Å². The molecule has 1 N–H and O–H groups in total. The van der Waals surface area contributed by atoms with Crippen molar-refractivity contribution >= 4 is 19.7 Å². The summed E-state index contributed by atoms with van der Waals surface area (Å²) in [6.07, 6.45) is 6.32. The molecule has 3 aliphatic heterocycles. The number of benzene rings is 2. The number of aliphatic hydroxyl groups is 1. The van der Waals surface area contributed by atoms with Gasteiger partial charge in [0.2, 0.25) is 0 Å². The Hall–Kier alpha value is -1.82. The minimum atomic E-state index is -3.19. The van der Waals surface area contributed by atoms with Crippen molar-refractivity contribution < 1.29 is 28.1 Å². The zero-order valence-corrected chi connectivity index (χ0v) is 25.8. The molecule has 40 heavy (non-hydrogen) atoms. The maximum Gasteiger partial charge on any atom is 0.175 e. The van der Waals surface area contributed by atoms with Crippen LogP contribution in [-0.4, -0.2) is 95.7 Å². The lowest BCUT2D eigenvalue weighted by atomic mass is 9.87. The number of aliphatic hydroxyl groups excluding tert-OH is 1. The fourth-order valence-corrected chi connectivity index (χ4v) is 7.41. The van der Waals surface area contributed by atoms with E-state index in [1.807, 2.05) is 18.2 Å². The average molecular weight is 595 g/mol. The van der Waals surface area contributed by atoms with Crippen LogP contribution in [-0.2, 0) is 30.0 Å². The first kappa shape index (κ1) is 31.1. The summed E-state index contributed by atoms with van der Waals surface area (Å²) in [5, 5.41) is 10.3. The van der Waals surface area contributed by atoms with Crippen molar-refractivity contribution in [2.24, 2.45) is 0 Å². The van der Waals surface area contributed by atoms with Crippen molar-refractivity contribution in [1.29, 1.82) is 0 Å². The van der Waals surface area contributed by atoms with Gasteiger partial charge in [-0.3, -0.25) is 0 Å². The van der Waals surface area contributed by atoms with Gasteiger partial charge in [0.05, 0.1) is 15.9 Å². The molecular formula is C30H46N2O6S2. The first-order chi connectivity index (χ1) is 18.9. The van der Waals surface area contributed by atoms with Gasteiger partial charge in [0.25, 0.3) is 0 Å². The van der Waals surface area contributed by atoms with E-state index < -0.39 is 25.8 Å². The molecule has 3 saturated heterocycles. The summed E-state index contributed by atoms with van der Waals surface area (Å²) in [6, 6.07) is 14.2. The number of rotatable bonds is 8.